The second-order valence-corrected chi connectivity index (χ2v) is 7.23. The van der Waals surface area contributed by atoms with Crippen LogP contribution >= 0.6 is 22.9 Å². The van der Waals surface area contributed by atoms with Crippen molar-refractivity contribution in [3.05, 3.63) is 34.4 Å². The number of carboxylic acids is 1. The van der Waals surface area contributed by atoms with Crippen LogP contribution in [0.4, 0.5) is 0 Å². The number of likely N-dealkylation sites (tertiary alicyclic amines) is 1. The molecule has 0 radical (unpaired) electrons. The molecule has 116 valence electrons. The Hall–Kier alpha value is -1.79. The second-order valence-electron chi connectivity index (χ2n) is 5.52. The number of aromatic amines is 1. The van der Waals surface area contributed by atoms with E-state index in [0.29, 0.717) is 16.4 Å². The number of carbonyl (C=O) groups is 2. The van der Waals surface area contributed by atoms with Crippen molar-refractivity contribution in [2.75, 3.05) is 13.1 Å². The van der Waals surface area contributed by atoms with Crippen molar-refractivity contribution >= 4 is 34.8 Å². The molecule has 1 aliphatic heterocycles. The number of carbonyl (C=O) groups excluding carboxylic acids is 1. The van der Waals surface area contributed by atoms with Crippen molar-refractivity contribution in [3.63, 3.8) is 0 Å². The standard InChI is InChI=1S/C15H15ClN2O3S/c1-8-6-18(7-11(8)15(20)21)14(19)10-5-17-4-9(10)12-2-3-13(16)22-12/h2-5,8,11,17H,6-7H2,1H3,(H,20,21)/t8-,11-/m1/s1. The van der Waals surface area contributed by atoms with Crippen LogP contribution in [-0.4, -0.2) is 40.0 Å². The van der Waals surface area contributed by atoms with E-state index < -0.39 is 11.9 Å². The lowest BCUT2D eigenvalue weighted by Gasteiger charge is -2.16. The van der Waals surface area contributed by atoms with E-state index in [4.69, 9.17) is 11.6 Å². The summed E-state index contributed by atoms with van der Waals surface area (Å²) in [5.74, 6) is -1.53. The molecule has 0 aromatic carbocycles. The Labute approximate surface area is 136 Å². The SMILES string of the molecule is C[C@@H]1CN(C(=O)c2c[nH]cc2-c2ccc(Cl)s2)C[C@H]1C(=O)O. The number of carboxylic acid groups (broad SMARTS) is 1. The normalized spacial score (nSPS) is 21.3. The molecule has 1 fully saturated rings. The molecule has 1 aliphatic rings. The third-order valence-corrected chi connectivity index (χ3v) is 5.30. The number of thiophene rings is 1. The van der Waals surface area contributed by atoms with Gasteiger partial charge in [-0.3, -0.25) is 9.59 Å². The highest BCUT2D eigenvalue weighted by Crippen LogP contribution is 2.34. The molecule has 5 nitrogen and oxygen atoms in total. The van der Waals surface area contributed by atoms with Crippen molar-refractivity contribution in [3.8, 4) is 10.4 Å². The summed E-state index contributed by atoms with van der Waals surface area (Å²) in [5, 5.41) is 9.19. The first-order valence-electron chi connectivity index (χ1n) is 6.92. The smallest absolute Gasteiger partial charge is 0.308 e. The molecule has 0 spiro atoms. The van der Waals surface area contributed by atoms with E-state index in [-0.39, 0.29) is 18.4 Å². The predicted molar refractivity (Wildman–Crippen MR) is 85.3 cm³/mol. The average Bonchev–Trinajstić information content (AvgIpc) is 3.16. The Bertz CT molecular complexity index is 724. The molecule has 2 aromatic heterocycles. The van der Waals surface area contributed by atoms with Gasteiger partial charge in [0.15, 0.2) is 0 Å². The highest BCUT2D eigenvalue weighted by Gasteiger charge is 2.37. The summed E-state index contributed by atoms with van der Waals surface area (Å²) < 4.78 is 0.662. The van der Waals surface area contributed by atoms with E-state index in [0.717, 1.165) is 10.4 Å². The molecular formula is C15H15ClN2O3S. The van der Waals surface area contributed by atoms with Crippen LogP contribution in [-0.2, 0) is 4.79 Å². The Balaban J connectivity index is 1.85. The largest absolute Gasteiger partial charge is 0.481 e. The summed E-state index contributed by atoms with van der Waals surface area (Å²) in [6, 6.07) is 3.67. The third kappa shape index (κ3) is 2.64. The number of aromatic nitrogens is 1. The van der Waals surface area contributed by atoms with Gasteiger partial charge in [0.1, 0.15) is 0 Å². The van der Waals surface area contributed by atoms with Crippen molar-refractivity contribution in [1.82, 2.24) is 9.88 Å². The molecule has 2 atom stereocenters. The van der Waals surface area contributed by atoms with Gasteiger partial charge in [0.05, 0.1) is 15.8 Å². The molecule has 0 bridgehead atoms. The average molecular weight is 339 g/mol. The number of aliphatic carboxylic acids is 1. The van der Waals surface area contributed by atoms with Crippen molar-refractivity contribution < 1.29 is 14.7 Å². The molecule has 7 heteroatoms. The van der Waals surface area contributed by atoms with Gasteiger partial charge in [0.2, 0.25) is 0 Å². The van der Waals surface area contributed by atoms with E-state index in [1.54, 1.807) is 23.4 Å². The van der Waals surface area contributed by atoms with Gasteiger partial charge in [0, 0.05) is 35.9 Å². The molecular weight excluding hydrogens is 324 g/mol. The van der Waals surface area contributed by atoms with Crippen LogP contribution < -0.4 is 0 Å². The van der Waals surface area contributed by atoms with E-state index in [1.807, 2.05) is 13.0 Å². The molecule has 2 N–H and O–H groups in total. The number of hydrogen-bond donors (Lipinski definition) is 2. The number of H-pyrrole nitrogens is 1. The highest BCUT2D eigenvalue weighted by atomic mass is 35.5. The number of hydrogen-bond acceptors (Lipinski definition) is 3. The lowest BCUT2D eigenvalue weighted by Crippen LogP contribution is -2.30. The van der Waals surface area contributed by atoms with Gasteiger partial charge in [-0.1, -0.05) is 18.5 Å². The minimum absolute atomic E-state index is 0.0416. The van der Waals surface area contributed by atoms with Crippen LogP contribution in [0.25, 0.3) is 10.4 Å². The monoisotopic (exact) mass is 338 g/mol. The molecule has 0 aliphatic carbocycles. The summed E-state index contributed by atoms with van der Waals surface area (Å²) >= 11 is 7.36. The van der Waals surface area contributed by atoms with Crippen LogP contribution in [0.1, 0.15) is 17.3 Å². The number of amides is 1. The Morgan fingerprint density at radius 3 is 2.73 bits per heavy atom. The van der Waals surface area contributed by atoms with Crippen molar-refractivity contribution in [1.29, 1.82) is 0 Å². The van der Waals surface area contributed by atoms with Gasteiger partial charge in [-0.15, -0.1) is 11.3 Å². The third-order valence-electron chi connectivity index (χ3n) is 4.03. The van der Waals surface area contributed by atoms with Crippen LogP contribution in [0.2, 0.25) is 4.34 Å². The fraction of sp³-hybridized carbons (Fsp3) is 0.333. The van der Waals surface area contributed by atoms with E-state index in [1.165, 1.54) is 11.3 Å². The molecule has 3 rings (SSSR count). The zero-order valence-electron chi connectivity index (χ0n) is 11.9. The summed E-state index contributed by atoms with van der Waals surface area (Å²) in [5.41, 5.74) is 1.35. The van der Waals surface area contributed by atoms with E-state index >= 15 is 0 Å². The topological polar surface area (TPSA) is 73.4 Å². The fourth-order valence-corrected chi connectivity index (χ4v) is 3.90. The van der Waals surface area contributed by atoms with Crippen molar-refractivity contribution in [2.24, 2.45) is 11.8 Å². The predicted octanol–water partition coefficient (Wildman–Crippen LogP) is 3.19. The zero-order valence-corrected chi connectivity index (χ0v) is 13.4. The summed E-state index contributed by atoms with van der Waals surface area (Å²) in [6.45, 7) is 2.58. The van der Waals surface area contributed by atoms with Crippen LogP contribution in [0, 0.1) is 11.8 Å². The Kier molecular flexibility index (Phi) is 3.97. The maximum atomic E-state index is 12.7. The highest BCUT2D eigenvalue weighted by molar-refractivity contribution is 7.19. The minimum Gasteiger partial charge on any atom is -0.481 e. The summed E-state index contributed by atoms with van der Waals surface area (Å²) in [6.07, 6.45) is 3.42. The van der Waals surface area contributed by atoms with Gasteiger partial charge in [-0.25, -0.2) is 0 Å². The number of rotatable bonds is 3. The number of nitrogens with zero attached hydrogens (tertiary/aromatic N) is 1. The van der Waals surface area contributed by atoms with Crippen LogP contribution in [0.3, 0.4) is 0 Å². The lowest BCUT2D eigenvalue weighted by molar-refractivity contribution is -0.142. The fourth-order valence-electron chi connectivity index (χ4n) is 2.83. The van der Waals surface area contributed by atoms with E-state index in [2.05, 4.69) is 4.98 Å². The summed E-state index contributed by atoms with van der Waals surface area (Å²) in [7, 11) is 0. The Morgan fingerprint density at radius 2 is 2.14 bits per heavy atom. The maximum absolute atomic E-state index is 12.7. The van der Waals surface area contributed by atoms with E-state index in [9.17, 15) is 14.7 Å². The lowest BCUT2D eigenvalue weighted by atomic mass is 9.99. The number of nitrogens with one attached hydrogen (secondary N) is 1. The molecule has 22 heavy (non-hydrogen) atoms. The number of halogens is 1. The molecule has 1 amide bonds. The minimum atomic E-state index is -0.845. The van der Waals surface area contributed by atoms with Crippen LogP contribution in [0.15, 0.2) is 24.5 Å². The molecule has 3 heterocycles. The zero-order chi connectivity index (χ0) is 15.9. The Morgan fingerprint density at radius 1 is 1.36 bits per heavy atom. The maximum Gasteiger partial charge on any atom is 0.308 e. The second kappa shape index (κ2) is 5.78. The van der Waals surface area contributed by atoms with Gasteiger partial charge in [0.25, 0.3) is 5.91 Å². The molecule has 1 saturated heterocycles. The van der Waals surface area contributed by atoms with Gasteiger partial charge in [-0.05, 0) is 18.1 Å². The first-order valence-corrected chi connectivity index (χ1v) is 8.11. The summed E-state index contributed by atoms with van der Waals surface area (Å²) in [4.78, 5) is 29.4. The van der Waals surface area contributed by atoms with Crippen molar-refractivity contribution in [2.45, 2.75) is 6.92 Å². The molecule has 0 unspecified atom stereocenters. The molecule has 0 saturated carbocycles. The quantitative estimate of drug-likeness (QED) is 0.902. The first-order chi connectivity index (χ1) is 10.5. The van der Waals surface area contributed by atoms with Gasteiger partial charge in [-0.2, -0.15) is 0 Å². The van der Waals surface area contributed by atoms with Gasteiger partial charge < -0.3 is 15.0 Å². The first kappa shape index (κ1) is 15.1. The van der Waals surface area contributed by atoms with Crippen LogP contribution in [0.5, 0.6) is 0 Å². The molecule has 2 aromatic rings. The van der Waals surface area contributed by atoms with Gasteiger partial charge >= 0.3 is 5.97 Å².